The largest absolute Gasteiger partial charge is 0.395 e. The average molecular weight is 239 g/mol. The van der Waals surface area contributed by atoms with Gasteiger partial charge in [0.05, 0.1) is 18.4 Å². The Morgan fingerprint density at radius 3 is 2.88 bits per heavy atom. The molecule has 1 N–H and O–H groups in total. The van der Waals surface area contributed by atoms with Gasteiger partial charge in [-0.2, -0.15) is 5.10 Å². The molecule has 1 heterocycles. The lowest BCUT2D eigenvalue weighted by Crippen LogP contribution is -2.29. The predicted octanol–water partition coefficient (Wildman–Crippen LogP) is 1.06. The number of unbranched alkanes of at least 4 members (excludes halogenated alkanes) is 1. The SMILES string of the molecule is CCCCn1ncc(C(=O)N(C)CCO)c1C. The summed E-state index contributed by atoms with van der Waals surface area (Å²) in [5, 5.41) is 13.0. The summed E-state index contributed by atoms with van der Waals surface area (Å²) in [4.78, 5) is 13.5. The van der Waals surface area contributed by atoms with Gasteiger partial charge in [-0.3, -0.25) is 9.48 Å². The second-order valence-corrected chi connectivity index (χ2v) is 4.17. The van der Waals surface area contributed by atoms with Crippen molar-refractivity contribution in [2.75, 3.05) is 20.2 Å². The molecule has 17 heavy (non-hydrogen) atoms. The average Bonchev–Trinajstić information content (AvgIpc) is 2.67. The van der Waals surface area contributed by atoms with Crippen molar-refractivity contribution in [3.63, 3.8) is 0 Å². The molecule has 0 aromatic carbocycles. The molecular weight excluding hydrogens is 218 g/mol. The highest BCUT2D eigenvalue weighted by atomic mass is 16.3. The molecule has 0 radical (unpaired) electrons. The van der Waals surface area contributed by atoms with Crippen molar-refractivity contribution >= 4 is 5.91 Å². The number of hydrogen-bond donors (Lipinski definition) is 1. The predicted molar refractivity (Wildman–Crippen MR) is 65.9 cm³/mol. The van der Waals surface area contributed by atoms with Crippen LogP contribution >= 0.6 is 0 Å². The van der Waals surface area contributed by atoms with E-state index in [0.717, 1.165) is 25.1 Å². The fourth-order valence-corrected chi connectivity index (χ4v) is 1.65. The lowest BCUT2D eigenvalue weighted by atomic mass is 10.2. The minimum Gasteiger partial charge on any atom is -0.395 e. The van der Waals surface area contributed by atoms with Crippen LogP contribution in [0.2, 0.25) is 0 Å². The molecular formula is C12H21N3O2. The molecule has 5 nitrogen and oxygen atoms in total. The number of aryl methyl sites for hydroxylation is 1. The lowest BCUT2D eigenvalue weighted by molar-refractivity contribution is 0.0766. The number of carbonyl (C=O) groups is 1. The van der Waals surface area contributed by atoms with E-state index in [1.165, 1.54) is 4.90 Å². The Labute approximate surface area is 102 Å². The van der Waals surface area contributed by atoms with Gasteiger partial charge >= 0.3 is 0 Å². The van der Waals surface area contributed by atoms with Crippen molar-refractivity contribution in [3.8, 4) is 0 Å². The van der Waals surface area contributed by atoms with E-state index in [2.05, 4.69) is 12.0 Å². The molecule has 0 fully saturated rings. The third kappa shape index (κ3) is 3.30. The first-order valence-corrected chi connectivity index (χ1v) is 6.00. The number of aliphatic hydroxyl groups excluding tert-OH is 1. The summed E-state index contributed by atoms with van der Waals surface area (Å²) in [5.74, 6) is -0.0840. The van der Waals surface area contributed by atoms with E-state index in [-0.39, 0.29) is 12.5 Å². The van der Waals surface area contributed by atoms with Crippen LogP contribution in [0.5, 0.6) is 0 Å². The molecule has 1 aromatic rings. The van der Waals surface area contributed by atoms with Gasteiger partial charge in [-0.1, -0.05) is 13.3 Å². The maximum atomic E-state index is 12.0. The Morgan fingerprint density at radius 2 is 2.29 bits per heavy atom. The maximum Gasteiger partial charge on any atom is 0.257 e. The van der Waals surface area contributed by atoms with E-state index in [1.54, 1.807) is 13.2 Å². The number of aliphatic hydroxyl groups is 1. The molecule has 1 rings (SSSR count). The Bertz CT molecular complexity index is 374. The van der Waals surface area contributed by atoms with Crippen molar-refractivity contribution in [1.29, 1.82) is 0 Å². The summed E-state index contributed by atoms with van der Waals surface area (Å²) in [5.41, 5.74) is 1.52. The zero-order valence-electron chi connectivity index (χ0n) is 10.8. The number of rotatable bonds is 6. The fourth-order valence-electron chi connectivity index (χ4n) is 1.65. The van der Waals surface area contributed by atoms with Crippen molar-refractivity contribution in [2.24, 2.45) is 0 Å². The van der Waals surface area contributed by atoms with Crippen LogP contribution in [0.4, 0.5) is 0 Å². The number of hydrogen-bond acceptors (Lipinski definition) is 3. The van der Waals surface area contributed by atoms with Gasteiger partial charge in [-0.15, -0.1) is 0 Å². The number of nitrogens with zero attached hydrogens (tertiary/aromatic N) is 3. The molecule has 0 aliphatic carbocycles. The van der Waals surface area contributed by atoms with Gasteiger partial charge in [0.25, 0.3) is 5.91 Å². The second-order valence-electron chi connectivity index (χ2n) is 4.17. The Morgan fingerprint density at radius 1 is 1.59 bits per heavy atom. The summed E-state index contributed by atoms with van der Waals surface area (Å²) in [6.45, 7) is 5.20. The van der Waals surface area contributed by atoms with Gasteiger partial charge in [-0.25, -0.2) is 0 Å². The van der Waals surface area contributed by atoms with Crippen LogP contribution in [0.3, 0.4) is 0 Å². The zero-order valence-corrected chi connectivity index (χ0v) is 10.8. The minimum absolute atomic E-state index is 0.0226. The number of aromatic nitrogens is 2. The highest BCUT2D eigenvalue weighted by Gasteiger charge is 2.17. The van der Waals surface area contributed by atoms with Crippen LogP contribution in [-0.2, 0) is 6.54 Å². The van der Waals surface area contributed by atoms with E-state index in [9.17, 15) is 4.79 Å². The quantitative estimate of drug-likeness (QED) is 0.807. The van der Waals surface area contributed by atoms with E-state index in [1.807, 2.05) is 11.6 Å². The van der Waals surface area contributed by atoms with Crippen LogP contribution in [-0.4, -0.2) is 45.9 Å². The molecule has 0 spiro atoms. The topological polar surface area (TPSA) is 58.4 Å². The van der Waals surface area contributed by atoms with Crippen molar-refractivity contribution in [1.82, 2.24) is 14.7 Å². The first-order valence-electron chi connectivity index (χ1n) is 6.00. The second kappa shape index (κ2) is 6.39. The number of carbonyl (C=O) groups excluding carboxylic acids is 1. The van der Waals surface area contributed by atoms with Crippen molar-refractivity contribution < 1.29 is 9.90 Å². The van der Waals surface area contributed by atoms with Gasteiger partial charge in [0.15, 0.2) is 0 Å². The molecule has 5 heteroatoms. The van der Waals surface area contributed by atoms with E-state index < -0.39 is 0 Å². The summed E-state index contributed by atoms with van der Waals surface area (Å²) in [6.07, 6.45) is 3.77. The lowest BCUT2D eigenvalue weighted by Gasteiger charge is -2.15. The van der Waals surface area contributed by atoms with Crippen molar-refractivity contribution in [2.45, 2.75) is 33.2 Å². The molecule has 0 aliphatic rings. The summed E-state index contributed by atoms with van der Waals surface area (Å²) < 4.78 is 1.86. The van der Waals surface area contributed by atoms with Gasteiger partial charge in [0.2, 0.25) is 0 Å². The normalized spacial score (nSPS) is 10.6. The molecule has 0 atom stereocenters. The van der Waals surface area contributed by atoms with Gasteiger partial charge in [0.1, 0.15) is 0 Å². The highest BCUT2D eigenvalue weighted by Crippen LogP contribution is 2.10. The molecule has 1 aromatic heterocycles. The van der Waals surface area contributed by atoms with Gasteiger partial charge in [-0.05, 0) is 13.3 Å². The maximum absolute atomic E-state index is 12.0. The summed E-state index contributed by atoms with van der Waals surface area (Å²) in [6, 6.07) is 0. The van der Waals surface area contributed by atoms with Gasteiger partial charge in [0, 0.05) is 25.8 Å². The molecule has 0 saturated heterocycles. The van der Waals surface area contributed by atoms with Crippen LogP contribution in [0.15, 0.2) is 6.20 Å². The Hall–Kier alpha value is -1.36. The fraction of sp³-hybridized carbons (Fsp3) is 0.667. The molecule has 0 unspecified atom stereocenters. The summed E-state index contributed by atoms with van der Waals surface area (Å²) in [7, 11) is 1.68. The standard InChI is InChI=1S/C12H21N3O2/c1-4-5-6-15-10(2)11(9-13-15)12(17)14(3)7-8-16/h9,16H,4-8H2,1-3H3. The molecule has 0 saturated carbocycles. The van der Waals surface area contributed by atoms with Crippen molar-refractivity contribution in [3.05, 3.63) is 17.5 Å². The third-order valence-electron chi connectivity index (χ3n) is 2.84. The smallest absolute Gasteiger partial charge is 0.257 e. The van der Waals surface area contributed by atoms with Crippen LogP contribution in [0.25, 0.3) is 0 Å². The Kier molecular flexibility index (Phi) is 5.15. The van der Waals surface area contributed by atoms with E-state index in [0.29, 0.717) is 12.1 Å². The van der Waals surface area contributed by atoms with Crippen LogP contribution < -0.4 is 0 Å². The van der Waals surface area contributed by atoms with E-state index in [4.69, 9.17) is 5.11 Å². The van der Waals surface area contributed by atoms with Gasteiger partial charge < -0.3 is 10.0 Å². The summed E-state index contributed by atoms with van der Waals surface area (Å²) >= 11 is 0. The third-order valence-corrected chi connectivity index (χ3v) is 2.84. The Balaban J connectivity index is 2.77. The first-order chi connectivity index (χ1) is 8.11. The minimum atomic E-state index is -0.0840. The number of likely N-dealkylation sites (N-methyl/N-ethyl adjacent to an activating group) is 1. The molecule has 0 bridgehead atoms. The monoisotopic (exact) mass is 239 g/mol. The van der Waals surface area contributed by atoms with Crippen LogP contribution in [0.1, 0.15) is 35.8 Å². The molecule has 0 aliphatic heterocycles. The zero-order chi connectivity index (χ0) is 12.8. The first kappa shape index (κ1) is 13.7. The molecule has 96 valence electrons. The van der Waals surface area contributed by atoms with E-state index >= 15 is 0 Å². The highest BCUT2D eigenvalue weighted by molar-refractivity contribution is 5.94. The number of amides is 1. The molecule has 1 amide bonds. The van der Waals surface area contributed by atoms with Crippen LogP contribution in [0, 0.1) is 6.92 Å².